The second-order valence-corrected chi connectivity index (χ2v) is 4.42. The Balaban J connectivity index is 2.01. The maximum Gasteiger partial charge on any atom is 0.343 e. The Morgan fingerprint density at radius 3 is 2.12 bits per heavy atom. The topological polar surface area (TPSA) is 43.4 Å². The van der Waals surface area contributed by atoms with Crippen molar-refractivity contribution < 1.29 is 14.3 Å². The lowest BCUT2D eigenvalue weighted by molar-refractivity contribution is 0.0592. The fourth-order valence-electron chi connectivity index (χ4n) is 2.16. The van der Waals surface area contributed by atoms with Gasteiger partial charge in [-0.15, -0.1) is 0 Å². The number of carbonyl (C=O) groups is 2. The minimum absolute atomic E-state index is 0.129. The second-order valence-electron chi connectivity index (χ2n) is 4.42. The van der Waals surface area contributed by atoms with Crippen LogP contribution in [0.25, 0.3) is 0 Å². The van der Waals surface area contributed by atoms with E-state index >= 15 is 0 Å². The Morgan fingerprint density at radius 2 is 1.47 bits per heavy atom. The first-order chi connectivity index (χ1) is 8.24. The lowest BCUT2D eigenvalue weighted by atomic mass is 9.91. The summed E-state index contributed by atoms with van der Waals surface area (Å²) in [6, 6.07) is 6.70. The molecular formula is C14H12O3. The van der Waals surface area contributed by atoms with E-state index in [4.69, 9.17) is 4.74 Å². The van der Waals surface area contributed by atoms with Gasteiger partial charge in [0.15, 0.2) is 5.78 Å². The number of Topliss-reactive ketones (excluding diaryl/α,β-unsaturated/α-hetero) is 1. The average molecular weight is 228 g/mol. The first kappa shape index (κ1) is 10.3. The third-order valence-corrected chi connectivity index (χ3v) is 3.36. The Kier molecular flexibility index (Phi) is 2.32. The summed E-state index contributed by atoms with van der Waals surface area (Å²) < 4.78 is 5.33. The third kappa shape index (κ3) is 1.78. The lowest BCUT2D eigenvalue weighted by Gasteiger charge is -2.22. The number of ketones is 1. The molecule has 0 spiro atoms. The van der Waals surface area contributed by atoms with Crippen LogP contribution in [0.5, 0.6) is 0 Å². The fraction of sp³-hybridized carbons (Fsp3) is 0.286. The van der Waals surface area contributed by atoms with Gasteiger partial charge < -0.3 is 4.74 Å². The maximum absolute atomic E-state index is 11.9. The zero-order valence-electron chi connectivity index (χ0n) is 9.36. The largest absolute Gasteiger partial charge is 0.428 e. The average Bonchev–Trinajstić information content (AvgIpc) is 2.35. The molecule has 86 valence electrons. The summed E-state index contributed by atoms with van der Waals surface area (Å²) in [5.41, 5.74) is 2.29. The second kappa shape index (κ2) is 3.84. The highest BCUT2D eigenvalue weighted by molar-refractivity contribution is 5.98. The summed E-state index contributed by atoms with van der Waals surface area (Å²) in [5, 5.41) is 0. The number of fused-ring (bicyclic) bond motifs is 5. The molecule has 17 heavy (non-hydrogen) atoms. The number of esters is 1. The summed E-state index contributed by atoms with van der Waals surface area (Å²) in [7, 11) is 0. The molecule has 1 aromatic rings. The molecule has 3 nitrogen and oxygen atoms in total. The Bertz CT molecular complexity index is 523. The van der Waals surface area contributed by atoms with Crippen LogP contribution >= 0.6 is 0 Å². The first-order valence-corrected chi connectivity index (χ1v) is 5.80. The number of ether oxygens (including phenoxy) is 1. The zero-order chi connectivity index (χ0) is 11.8. The standard InChI is InChI=1S/C14H12O3/c15-12-7-5-10-6-8-13(10)17-14(16)11-3-1-9(12)2-4-11/h1-4H,5-8H2. The van der Waals surface area contributed by atoms with Gasteiger partial charge in [-0.25, -0.2) is 4.79 Å². The van der Waals surface area contributed by atoms with Gasteiger partial charge in [0.05, 0.1) is 5.56 Å². The van der Waals surface area contributed by atoms with E-state index in [1.54, 1.807) is 24.3 Å². The van der Waals surface area contributed by atoms with Crippen molar-refractivity contribution in [2.75, 3.05) is 0 Å². The molecule has 0 amide bonds. The molecule has 2 aliphatic heterocycles. The lowest BCUT2D eigenvalue weighted by Crippen LogP contribution is -2.13. The predicted octanol–water partition coefficient (Wildman–Crippen LogP) is 2.87. The van der Waals surface area contributed by atoms with Crippen LogP contribution in [0.3, 0.4) is 0 Å². The highest BCUT2D eigenvalue weighted by atomic mass is 16.5. The van der Waals surface area contributed by atoms with E-state index in [0.29, 0.717) is 24.0 Å². The summed E-state index contributed by atoms with van der Waals surface area (Å²) >= 11 is 0. The molecule has 0 radical (unpaired) electrons. The van der Waals surface area contributed by atoms with Crippen molar-refractivity contribution in [3.63, 3.8) is 0 Å². The summed E-state index contributed by atoms with van der Waals surface area (Å²) in [5.74, 6) is 0.579. The Labute approximate surface area is 99.1 Å². The van der Waals surface area contributed by atoms with E-state index in [2.05, 4.69) is 0 Å². The quantitative estimate of drug-likeness (QED) is 0.641. The smallest absolute Gasteiger partial charge is 0.343 e. The van der Waals surface area contributed by atoms with E-state index in [0.717, 1.165) is 24.2 Å². The molecule has 1 aromatic carbocycles. The van der Waals surface area contributed by atoms with Gasteiger partial charge in [0.1, 0.15) is 5.76 Å². The molecular weight excluding hydrogens is 216 g/mol. The summed E-state index contributed by atoms with van der Waals surface area (Å²) in [6.45, 7) is 0. The van der Waals surface area contributed by atoms with Crippen LogP contribution in [0.1, 0.15) is 46.4 Å². The molecule has 0 atom stereocenters. The van der Waals surface area contributed by atoms with Crippen LogP contribution in [0.4, 0.5) is 0 Å². The highest BCUT2D eigenvalue weighted by Gasteiger charge is 2.24. The zero-order valence-corrected chi connectivity index (χ0v) is 9.36. The highest BCUT2D eigenvalue weighted by Crippen LogP contribution is 2.33. The van der Waals surface area contributed by atoms with Gasteiger partial charge in [-0.1, -0.05) is 12.1 Å². The van der Waals surface area contributed by atoms with Gasteiger partial charge in [0.2, 0.25) is 0 Å². The fourth-order valence-corrected chi connectivity index (χ4v) is 2.16. The van der Waals surface area contributed by atoms with Gasteiger partial charge in [-0.2, -0.15) is 0 Å². The molecule has 0 fully saturated rings. The molecule has 0 saturated heterocycles. The minimum atomic E-state index is -0.321. The number of rotatable bonds is 0. The predicted molar refractivity (Wildman–Crippen MR) is 61.7 cm³/mol. The van der Waals surface area contributed by atoms with Crippen molar-refractivity contribution >= 4 is 11.8 Å². The summed E-state index contributed by atoms with van der Waals surface area (Å²) in [6.07, 6.45) is 2.96. The van der Waals surface area contributed by atoms with E-state index in [9.17, 15) is 9.59 Å². The van der Waals surface area contributed by atoms with Crippen LogP contribution in [-0.2, 0) is 4.74 Å². The molecule has 2 heterocycles. The van der Waals surface area contributed by atoms with Crippen LogP contribution in [0.15, 0.2) is 35.6 Å². The van der Waals surface area contributed by atoms with Crippen molar-refractivity contribution in [1.29, 1.82) is 0 Å². The monoisotopic (exact) mass is 228 g/mol. The Hall–Kier alpha value is -1.90. The summed E-state index contributed by atoms with van der Waals surface area (Å²) in [4.78, 5) is 23.6. The molecule has 3 aliphatic rings. The van der Waals surface area contributed by atoms with Gasteiger partial charge in [0, 0.05) is 18.4 Å². The number of carbonyl (C=O) groups excluding carboxylic acids is 2. The van der Waals surface area contributed by atoms with E-state index in [1.165, 1.54) is 0 Å². The van der Waals surface area contributed by atoms with Gasteiger partial charge in [-0.3, -0.25) is 4.79 Å². The molecule has 0 saturated carbocycles. The molecule has 2 bridgehead atoms. The van der Waals surface area contributed by atoms with Gasteiger partial charge in [-0.05, 0) is 30.5 Å². The molecule has 4 rings (SSSR count). The van der Waals surface area contributed by atoms with Gasteiger partial charge in [0.25, 0.3) is 0 Å². The van der Waals surface area contributed by atoms with Crippen molar-refractivity contribution in [3.05, 3.63) is 46.7 Å². The van der Waals surface area contributed by atoms with Crippen molar-refractivity contribution in [2.45, 2.75) is 25.7 Å². The maximum atomic E-state index is 11.9. The molecule has 0 N–H and O–H groups in total. The molecule has 3 heteroatoms. The van der Waals surface area contributed by atoms with Gasteiger partial charge >= 0.3 is 5.97 Å². The third-order valence-electron chi connectivity index (χ3n) is 3.36. The molecule has 0 aromatic heterocycles. The minimum Gasteiger partial charge on any atom is -0.428 e. The van der Waals surface area contributed by atoms with Crippen LogP contribution < -0.4 is 0 Å². The van der Waals surface area contributed by atoms with Crippen LogP contribution in [0.2, 0.25) is 0 Å². The van der Waals surface area contributed by atoms with Crippen LogP contribution in [-0.4, -0.2) is 11.8 Å². The Morgan fingerprint density at radius 1 is 0.824 bits per heavy atom. The number of benzene rings is 1. The normalized spacial score (nSPS) is 19.3. The van der Waals surface area contributed by atoms with Crippen molar-refractivity contribution in [2.24, 2.45) is 0 Å². The molecule has 1 aliphatic carbocycles. The number of hydrogen-bond donors (Lipinski definition) is 0. The van der Waals surface area contributed by atoms with E-state index in [-0.39, 0.29) is 11.8 Å². The molecule has 0 unspecified atom stereocenters. The van der Waals surface area contributed by atoms with E-state index < -0.39 is 0 Å². The van der Waals surface area contributed by atoms with Crippen molar-refractivity contribution in [1.82, 2.24) is 0 Å². The van der Waals surface area contributed by atoms with E-state index in [1.807, 2.05) is 0 Å². The number of allylic oxidation sites excluding steroid dienone is 2. The first-order valence-electron chi connectivity index (χ1n) is 5.80. The van der Waals surface area contributed by atoms with Crippen LogP contribution in [0, 0.1) is 0 Å². The number of hydrogen-bond acceptors (Lipinski definition) is 3. The van der Waals surface area contributed by atoms with Crippen molar-refractivity contribution in [3.8, 4) is 0 Å². The SMILES string of the molecule is O=C1CCC2=C(CC2)OC(=O)c2ccc1cc2.